The van der Waals surface area contributed by atoms with Crippen molar-refractivity contribution in [2.75, 3.05) is 0 Å². The maximum atomic E-state index is 12.2. The van der Waals surface area contributed by atoms with Gasteiger partial charge in [0.05, 0.1) is 6.42 Å². The molecule has 6 nitrogen and oxygen atoms in total. The molecule has 0 atom stereocenters. The zero-order valence-electron chi connectivity index (χ0n) is 13.5. The van der Waals surface area contributed by atoms with E-state index in [-0.39, 0.29) is 11.4 Å². The van der Waals surface area contributed by atoms with E-state index in [0.717, 1.165) is 12.0 Å². The molecule has 7 heteroatoms. The summed E-state index contributed by atoms with van der Waals surface area (Å²) in [5.41, 5.74) is 1.94. The molecule has 0 aliphatic carbocycles. The summed E-state index contributed by atoms with van der Waals surface area (Å²) < 4.78 is 28.2. The van der Waals surface area contributed by atoms with Gasteiger partial charge in [0.25, 0.3) is 10.0 Å². The highest BCUT2D eigenvalue weighted by Gasteiger charge is 2.21. The summed E-state index contributed by atoms with van der Waals surface area (Å²) in [5, 5.41) is -0.133. The third-order valence-electron chi connectivity index (χ3n) is 3.61. The summed E-state index contributed by atoms with van der Waals surface area (Å²) in [7, 11) is -3.94. The molecule has 0 radical (unpaired) electrons. The largest absolute Gasteiger partial charge is 0.334 e. The Kier molecular flexibility index (Phi) is 5.20. The lowest BCUT2D eigenvalue weighted by Gasteiger charge is -2.05. The van der Waals surface area contributed by atoms with Gasteiger partial charge in [-0.25, -0.2) is 9.71 Å². The number of carbonyl (C=O) groups is 1. The van der Waals surface area contributed by atoms with Crippen molar-refractivity contribution in [2.45, 2.75) is 45.2 Å². The van der Waals surface area contributed by atoms with Crippen molar-refractivity contribution >= 4 is 15.9 Å². The Balaban J connectivity index is 2.08. The van der Waals surface area contributed by atoms with E-state index in [0.29, 0.717) is 12.4 Å². The molecule has 124 valence electrons. The fourth-order valence-corrected chi connectivity index (χ4v) is 3.24. The maximum Gasteiger partial charge on any atom is 0.283 e. The number of hydrogen-bond donors (Lipinski definition) is 1. The van der Waals surface area contributed by atoms with E-state index in [1.807, 2.05) is 38.1 Å². The first-order valence-electron chi connectivity index (χ1n) is 7.53. The number of benzene rings is 1. The van der Waals surface area contributed by atoms with E-state index in [9.17, 15) is 13.2 Å². The van der Waals surface area contributed by atoms with E-state index >= 15 is 0 Å². The molecular formula is C16H21N3O3S. The second-order valence-corrected chi connectivity index (χ2v) is 6.92. The lowest BCUT2D eigenvalue weighted by molar-refractivity contribution is -0.118. The van der Waals surface area contributed by atoms with Crippen LogP contribution in [0.1, 0.15) is 30.8 Å². The standard InChI is InChI=1S/C16H21N3O3S/c1-4-13-6-8-14(9-7-13)10-15(20)18-23(21,22)16-11-19(5-2)12(3)17-16/h6-9,11H,4-5,10H2,1-3H3,(H,18,20). The second-order valence-electron chi connectivity index (χ2n) is 5.29. The van der Waals surface area contributed by atoms with Gasteiger partial charge in [0.2, 0.25) is 5.91 Å². The number of aryl methyl sites for hydroxylation is 3. The predicted molar refractivity (Wildman–Crippen MR) is 87.5 cm³/mol. The van der Waals surface area contributed by atoms with Crippen molar-refractivity contribution in [2.24, 2.45) is 0 Å². The first kappa shape index (κ1) is 17.2. The van der Waals surface area contributed by atoms with Crippen molar-refractivity contribution in [1.82, 2.24) is 14.3 Å². The van der Waals surface area contributed by atoms with Gasteiger partial charge in [0.15, 0.2) is 5.03 Å². The Morgan fingerprint density at radius 1 is 1.17 bits per heavy atom. The SMILES string of the molecule is CCc1ccc(CC(=O)NS(=O)(=O)c2cn(CC)c(C)n2)cc1. The first-order valence-corrected chi connectivity index (χ1v) is 9.01. The zero-order chi connectivity index (χ0) is 17.0. The van der Waals surface area contributed by atoms with E-state index in [1.165, 1.54) is 11.8 Å². The minimum Gasteiger partial charge on any atom is -0.334 e. The molecule has 23 heavy (non-hydrogen) atoms. The number of amides is 1. The highest BCUT2D eigenvalue weighted by molar-refractivity contribution is 7.90. The molecule has 1 amide bonds. The Hall–Kier alpha value is -2.15. The van der Waals surface area contributed by atoms with Crippen LogP contribution in [0.4, 0.5) is 0 Å². The lowest BCUT2D eigenvalue weighted by atomic mass is 10.1. The van der Waals surface area contributed by atoms with Crippen LogP contribution in [0.5, 0.6) is 0 Å². The van der Waals surface area contributed by atoms with Crippen LogP contribution in [0.3, 0.4) is 0 Å². The topological polar surface area (TPSA) is 81.1 Å². The number of sulfonamides is 1. The lowest BCUT2D eigenvalue weighted by Crippen LogP contribution is -2.32. The third kappa shape index (κ3) is 4.19. The van der Waals surface area contributed by atoms with E-state index in [4.69, 9.17) is 0 Å². The van der Waals surface area contributed by atoms with Gasteiger partial charge in [-0.2, -0.15) is 8.42 Å². The average Bonchev–Trinajstić information content (AvgIpc) is 2.89. The third-order valence-corrected chi connectivity index (χ3v) is 4.86. The van der Waals surface area contributed by atoms with Crippen LogP contribution in [-0.2, 0) is 34.2 Å². The van der Waals surface area contributed by atoms with Crippen molar-refractivity contribution in [3.05, 3.63) is 47.4 Å². The maximum absolute atomic E-state index is 12.2. The number of hydrogen-bond acceptors (Lipinski definition) is 4. The second kappa shape index (κ2) is 6.95. The van der Waals surface area contributed by atoms with Crippen LogP contribution >= 0.6 is 0 Å². The van der Waals surface area contributed by atoms with Crippen molar-refractivity contribution in [1.29, 1.82) is 0 Å². The summed E-state index contributed by atoms with van der Waals surface area (Å²) in [6.07, 6.45) is 2.36. The normalized spacial score (nSPS) is 11.4. The van der Waals surface area contributed by atoms with E-state index < -0.39 is 15.9 Å². The van der Waals surface area contributed by atoms with Crippen LogP contribution in [-0.4, -0.2) is 23.9 Å². The van der Waals surface area contributed by atoms with E-state index in [2.05, 4.69) is 9.71 Å². The average molecular weight is 335 g/mol. The van der Waals surface area contributed by atoms with Crippen molar-refractivity contribution in [3.8, 4) is 0 Å². The van der Waals surface area contributed by atoms with Gasteiger partial charge in [0.1, 0.15) is 5.82 Å². The van der Waals surface area contributed by atoms with Crippen LogP contribution < -0.4 is 4.72 Å². The summed E-state index contributed by atoms with van der Waals surface area (Å²) >= 11 is 0. The molecule has 2 rings (SSSR count). The minimum absolute atomic E-state index is 0.0106. The fourth-order valence-electron chi connectivity index (χ4n) is 2.25. The smallest absolute Gasteiger partial charge is 0.283 e. The number of imidazole rings is 1. The van der Waals surface area contributed by atoms with Gasteiger partial charge in [-0.05, 0) is 31.4 Å². The molecule has 2 aromatic rings. The van der Waals surface area contributed by atoms with Crippen LogP contribution in [0.2, 0.25) is 0 Å². The van der Waals surface area contributed by atoms with Crippen LogP contribution in [0.25, 0.3) is 0 Å². The predicted octanol–water partition coefficient (Wildman–Crippen LogP) is 1.82. The number of aromatic nitrogens is 2. The monoisotopic (exact) mass is 335 g/mol. The van der Waals surface area contributed by atoms with Gasteiger partial charge < -0.3 is 4.57 Å². The molecule has 0 unspecified atom stereocenters. The molecule has 1 heterocycles. The molecule has 0 spiro atoms. The number of nitrogens with zero attached hydrogens (tertiary/aromatic N) is 2. The summed E-state index contributed by atoms with van der Waals surface area (Å²) in [4.78, 5) is 16.0. The Labute approximate surface area is 136 Å². The van der Waals surface area contributed by atoms with Gasteiger partial charge in [-0.1, -0.05) is 31.2 Å². The van der Waals surface area contributed by atoms with Gasteiger partial charge in [0, 0.05) is 12.7 Å². The highest BCUT2D eigenvalue weighted by atomic mass is 32.2. The number of nitrogens with one attached hydrogen (secondary N) is 1. The zero-order valence-corrected chi connectivity index (χ0v) is 14.4. The van der Waals surface area contributed by atoms with Crippen molar-refractivity contribution < 1.29 is 13.2 Å². The number of carbonyl (C=O) groups excluding carboxylic acids is 1. The fraction of sp³-hybridized carbons (Fsp3) is 0.375. The highest BCUT2D eigenvalue weighted by Crippen LogP contribution is 2.10. The Morgan fingerprint density at radius 2 is 1.78 bits per heavy atom. The quantitative estimate of drug-likeness (QED) is 0.873. The van der Waals surface area contributed by atoms with Gasteiger partial charge >= 0.3 is 0 Å². The number of rotatable bonds is 6. The molecular weight excluding hydrogens is 314 g/mol. The molecule has 1 N–H and O–H groups in total. The molecule has 0 saturated carbocycles. The van der Waals surface area contributed by atoms with Gasteiger partial charge in [-0.3, -0.25) is 4.79 Å². The summed E-state index contributed by atoms with van der Waals surface area (Å²) in [6.45, 7) is 6.28. The molecule has 0 fully saturated rings. The molecule has 1 aromatic heterocycles. The molecule has 0 aliphatic rings. The van der Waals surface area contributed by atoms with Crippen LogP contribution in [0.15, 0.2) is 35.5 Å². The Morgan fingerprint density at radius 3 is 2.30 bits per heavy atom. The van der Waals surface area contributed by atoms with E-state index in [1.54, 1.807) is 11.5 Å². The summed E-state index contributed by atoms with van der Waals surface area (Å²) in [6, 6.07) is 7.54. The van der Waals surface area contributed by atoms with Crippen molar-refractivity contribution in [3.63, 3.8) is 0 Å². The molecule has 1 aromatic carbocycles. The molecule has 0 saturated heterocycles. The summed E-state index contributed by atoms with van der Waals surface area (Å²) in [5.74, 6) is 0.0217. The first-order chi connectivity index (χ1) is 10.9. The van der Waals surface area contributed by atoms with Crippen LogP contribution in [0, 0.1) is 6.92 Å². The van der Waals surface area contributed by atoms with Gasteiger partial charge in [-0.15, -0.1) is 0 Å². The molecule has 0 aliphatic heterocycles. The molecule has 0 bridgehead atoms. The minimum atomic E-state index is -3.94. The Bertz CT molecular complexity index is 792.